The van der Waals surface area contributed by atoms with E-state index in [9.17, 15) is 9.18 Å². The second-order valence-electron chi connectivity index (χ2n) is 7.17. The van der Waals surface area contributed by atoms with Gasteiger partial charge in [-0.25, -0.2) is 9.37 Å². The van der Waals surface area contributed by atoms with Crippen LogP contribution in [-0.4, -0.2) is 54.0 Å². The van der Waals surface area contributed by atoms with E-state index in [1.165, 1.54) is 12.1 Å². The second kappa shape index (κ2) is 10.5. The maximum atomic E-state index is 13.3. The molecule has 2 aromatic rings. The van der Waals surface area contributed by atoms with Gasteiger partial charge in [0.2, 0.25) is 11.9 Å². The van der Waals surface area contributed by atoms with Crippen molar-refractivity contribution in [3.05, 3.63) is 40.8 Å². The summed E-state index contributed by atoms with van der Waals surface area (Å²) in [7, 11) is 2.09. The first kappa shape index (κ1) is 21.4. The highest BCUT2D eigenvalue weighted by Crippen LogP contribution is 2.22. The average molecular weight is 465 g/mol. The van der Waals surface area contributed by atoms with E-state index in [-0.39, 0.29) is 17.6 Å². The number of hydrogen-bond donors (Lipinski definition) is 3. The summed E-state index contributed by atoms with van der Waals surface area (Å²) < 4.78 is 14.0. The van der Waals surface area contributed by atoms with Gasteiger partial charge in [0.25, 0.3) is 0 Å². The quantitative estimate of drug-likeness (QED) is 0.519. The summed E-state index contributed by atoms with van der Waals surface area (Å²) in [6.45, 7) is 3.23. The highest BCUT2D eigenvalue weighted by Gasteiger charge is 2.22. The molecule has 0 spiro atoms. The van der Waals surface area contributed by atoms with Gasteiger partial charge in [0.1, 0.15) is 11.6 Å². The van der Waals surface area contributed by atoms with Crippen LogP contribution in [0, 0.1) is 11.7 Å². The zero-order valence-corrected chi connectivity index (χ0v) is 18.0. The molecule has 0 saturated carbocycles. The zero-order chi connectivity index (χ0) is 20.6. The lowest BCUT2D eigenvalue weighted by atomic mass is 9.96. The van der Waals surface area contributed by atoms with Crippen molar-refractivity contribution < 1.29 is 9.18 Å². The largest absolute Gasteiger partial charge is 0.369 e. The summed E-state index contributed by atoms with van der Waals surface area (Å²) in [5, 5.41) is 9.25. The summed E-state index contributed by atoms with van der Waals surface area (Å²) in [6.07, 6.45) is 4.27. The van der Waals surface area contributed by atoms with E-state index >= 15 is 0 Å². The van der Waals surface area contributed by atoms with Gasteiger partial charge in [-0.05, 0) is 73.5 Å². The standard InChI is InChI=1S/C20H26BrFN6O/c1-28-10-6-14(7-11-28)19(29)24-9-3-8-23-18-17(21)13-25-20(27-18)26-16-5-2-4-15(22)12-16/h2,4-5,12-14H,3,6-11H2,1H3,(H,24,29)(H2,23,25,26,27). The third-order valence-electron chi connectivity index (χ3n) is 4.86. The number of piperidine rings is 1. The lowest BCUT2D eigenvalue weighted by molar-refractivity contribution is -0.126. The summed E-state index contributed by atoms with van der Waals surface area (Å²) in [5.41, 5.74) is 0.579. The number of benzene rings is 1. The number of hydrogen-bond acceptors (Lipinski definition) is 6. The number of halogens is 2. The van der Waals surface area contributed by atoms with Crippen LogP contribution in [-0.2, 0) is 4.79 Å². The molecule has 1 saturated heterocycles. The maximum absolute atomic E-state index is 13.3. The van der Waals surface area contributed by atoms with Crippen molar-refractivity contribution in [3.8, 4) is 0 Å². The van der Waals surface area contributed by atoms with Crippen molar-refractivity contribution >= 4 is 39.3 Å². The van der Waals surface area contributed by atoms with Crippen LogP contribution >= 0.6 is 15.9 Å². The molecule has 0 radical (unpaired) electrons. The summed E-state index contributed by atoms with van der Waals surface area (Å²) in [6, 6.07) is 6.13. The number of rotatable bonds is 8. The van der Waals surface area contributed by atoms with E-state index in [0.717, 1.165) is 36.8 Å². The molecule has 1 aliphatic rings. The number of carbonyl (C=O) groups is 1. The molecule has 0 bridgehead atoms. The first-order valence-corrected chi connectivity index (χ1v) is 10.6. The van der Waals surface area contributed by atoms with Gasteiger partial charge >= 0.3 is 0 Å². The van der Waals surface area contributed by atoms with Gasteiger partial charge in [-0.15, -0.1) is 0 Å². The van der Waals surface area contributed by atoms with Gasteiger partial charge in [0, 0.05) is 30.9 Å². The van der Waals surface area contributed by atoms with Gasteiger partial charge in [0.05, 0.1) is 4.47 Å². The number of anilines is 3. The highest BCUT2D eigenvalue weighted by molar-refractivity contribution is 9.10. The Balaban J connectivity index is 1.42. The second-order valence-corrected chi connectivity index (χ2v) is 8.03. The fraction of sp³-hybridized carbons (Fsp3) is 0.450. The molecule has 0 unspecified atom stereocenters. The van der Waals surface area contributed by atoms with Crippen molar-refractivity contribution in [2.45, 2.75) is 19.3 Å². The molecule has 29 heavy (non-hydrogen) atoms. The lowest BCUT2D eigenvalue weighted by Gasteiger charge is -2.28. The van der Waals surface area contributed by atoms with E-state index in [2.05, 4.69) is 53.8 Å². The van der Waals surface area contributed by atoms with Crippen LogP contribution in [0.2, 0.25) is 0 Å². The molecule has 1 amide bonds. The summed E-state index contributed by atoms with van der Waals surface area (Å²) in [4.78, 5) is 23.1. The van der Waals surface area contributed by atoms with E-state index in [1.54, 1.807) is 18.3 Å². The smallest absolute Gasteiger partial charge is 0.229 e. The van der Waals surface area contributed by atoms with E-state index in [0.29, 0.717) is 30.5 Å². The normalized spacial score (nSPS) is 15.1. The fourth-order valence-electron chi connectivity index (χ4n) is 3.17. The van der Waals surface area contributed by atoms with Crippen molar-refractivity contribution in [3.63, 3.8) is 0 Å². The molecule has 1 aliphatic heterocycles. The Bertz CT molecular complexity index is 828. The van der Waals surface area contributed by atoms with Crippen LogP contribution in [0.3, 0.4) is 0 Å². The van der Waals surface area contributed by atoms with Gasteiger partial charge in [-0.1, -0.05) is 6.07 Å². The molecule has 156 valence electrons. The average Bonchev–Trinajstić information content (AvgIpc) is 2.70. The molecule has 2 heterocycles. The summed E-state index contributed by atoms with van der Waals surface area (Å²) >= 11 is 3.43. The number of likely N-dealkylation sites (tertiary alicyclic amines) is 1. The van der Waals surface area contributed by atoms with E-state index < -0.39 is 0 Å². The Hall–Kier alpha value is -2.26. The number of amides is 1. The van der Waals surface area contributed by atoms with Crippen molar-refractivity contribution in [1.29, 1.82) is 0 Å². The lowest BCUT2D eigenvalue weighted by Crippen LogP contribution is -2.39. The Morgan fingerprint density at radius 3 is 2.86 bits per heavy atom. The van der Waals surface area contributed by atoms with Crippen LogP contribution in [0.4, 0.5) is 21.8 Å². The molecule has 0 aliphatic carbocycles. The Morgan fingerprint density at radius 2 is 2.10 bits per heavy atom. The van der Waals surface area contributed by atoms with Crippen LogP contribution in [0.25, 0.3) is 0 Å². The molecule has 7 nitrogen and oxygen atoms in total. The highest BCUT2D eigenvalue weighted by atomic mass is 79.9. The first-order valence-electron chi connectivity index (χ1n) is 9.76. The molecule has 1 aromatic heterocycles. The number of nitrogens with zero attached hydrogens (tertiary/aromatic N) is 3. The Labute approximate surface area is 178 Å². The fourth-order valence-corrected chi connectivity index (χ4v) is 3.50. The van der Waals surface area contributed by atoms with Crippen LogP contribution in [0.1, 0.15) is 19.3 Å². The maximum Gasteiger partial charge on any atom is 0.229 e. The summed E-state index contributed by atoms with van der Waals surface area (Å²) in [5.74, 6) is 0.972. The van der Waals surface area contributed by atoms with Crippen LogP contribution in [0.15, 0.2) is 34.9 Å². The third-order valence-corrected chi connectivity index (χ3v) is 5.44. The molecule has 1 fully saturated rings. The topological polar surface area (TPSA) is 82.2 Å². The Morgan fingerprint density at radius 1 is 1.31 bits per heavy atom. The molecule has 1 aromatic carbocycles. The van der Waals surface area contributed by atoms with Crippen LogP contribution in [0.5, 0.6) is 0 Å². The SMILES string of the molecule is CN1CCC(C(=O)NCCCNc2nc(Nc3cccc(F)c3)ncc2Br)CC1. The van der Waals surface area contributed by atoms with Crippen molar-refractivity contribution in [2.24, 2.45) is 5.92 Å². The van der Waals surface area contributed by atoms with E-state index in [1.807, 2.05) is 0 Å². The number of nitrogens with one attached hydrogen (secondary N) is 3. The van der Waals surface area contributed by atoms with Gasteiger partial charge in [0.15, 0.2) is 0 Å². The van der Waals surface area contributed by atoms with Gasteiger partial charge < -0.3 is 20.9 Å². The predicted molar refractivity (Wildman–Crippen MR) is 116 cm³/mol. The van der Waals surface area contributed by atoms with Gasteiger partial charge in [-0.2, -0.15) is 4.98 Å². The first-order chi connectivity index (χ1) is 14.0. The Kier molecular flexibility index (Phi) is 7.76. The number of carbonyl (C=O) groups excluding carboxylic acids is 1. The monoisotopic (exact) mass is 464 g/mol. The molecule has 3 rings (SSSR count). The van der Waals surface area contributed by atoms with E-state index in [4.69, 9.17) is 0 Å². The minimum Gasteiger partial charge on any atom is -0.369 e. The molecular weight excluding hydrogens is 439 g/mol. The number of aromatic nitrogens is 2. The molecule has 3 N–H and O–H groups in total. The van der Waals surface area contributed by atoms with Crippen LogP contribution < -0.4 is 16.0 Å². The zero-order valence-electron chi connectivity index (χ0n) is 16.4. The minimum atomic E-state index is -0.326. The van der Waals surface area contributed by atoms with Gasteiger partial charge in [-0.3, -0.25) is 4.79 Å². The minimum absolute atomic E-state index is 0.131. The third kappa shape index (κ3) is 6.64. The molecular formula is C20H26BrFN6O. The van der Waals surface area contributed by atoms with Crippen molar-refractivity contribution in [2.75, 3.05) is 43.9 Å². The predicted octanol–water partition coefficient (Wildman–Crippen LogP) is 3.38. The molecule has 0 atom stereocenters. The molecule has 9 heteroatoms. The van der Waals surface area contributed by atoms with Crippen molar-refractivity contribution in [1.82, 2.24) is 20.2 Å².